The summed E-state index contributed by atoms with van der Waals surface area (Å²) in [5.41, 5.74) is 3.30. The minimum absolute atomic E-state index is 0.0935. The maximum absolute atomic E-state index is 12.6. The molecule has 3 aromatic rings. The number of hydrogen-bond donors (Lipinski definition) is 2. The van der Waals surface area contributed by atoms with Gasteiger partial charge in [0.05, 0.1) is 24.1 Å². The second kappa shape index (κ2) is 9.28. The molecule has 1 aromatic heterocycles. The average molecular weight is 394 g/mol. The van der Waals surface area contributed by atoms with Crippen molar-refractivity contribution >= 4 is 29.3 Å². The largest absolute Gasteiger partial charge is 0.468 e. The maximum atomic E-state index is 12.6. The number of carbonyl (C=O) groups is 2. The number of rotatable bonds is 7. The Morgan fingerprint density at radius 2 is 1.71 bits per heavy atom. The molecule has 0 radical (unpaired) electrons. The van der Waals surface area contributed by atoms with Crippen LogP contribution in [0.5, 0.6) is 0 Å². The minimum Gasteiger partial charge on any atom is -0.468 e. The third-order valence-corrected chi connectivity index (χ3v) is 5.33. The molecule has 0 bridgehead atoms. The number of anilines is 1. The Bertz CT molecular complexity index is 947. The van der Waals surface area contributed by atoms with Gasteiger partial charge in [0.2, 0.25) is 5.91 Å². The molecule has 1 heterocycles. The molecule has 28 heavy (non-hydrogen) atoms. The Morgan fingerprint density at radius 1 is 0.964 bits per heavy atom. The first kappa shape index (κ1) is 19.8. The van der Waals surface area contributed by atoms with E-state index in [9.17, 15) is 9.59 Å². The molecule has 2 amide bonds. The van der Waals surface area contributed by atoms with Gasteiger partial charge in [-0.25, -0.2) is 0 Å². The molecule has 0 saturated carbocycles. The fraction of sp³-hybridized carbons (Fsp3) is 0.182. The lowest BCUT2D eigenvalue weighted by Gasteiger charge is -2.12. The molecule has 0 spiro atoms. The van der Waals surface area contributed by atoms with E-state index in [0.29, 0.717) is 11.3 Å². The summed E-state index contributed by atoms with van der Waals surface area (Å²) in [6.45, 7) is 3.78. The monoisotopic (exact) mass is 394 g/mol. The van der Waals surface area contributed by atoms with Crippen LogP contribution in [0.25, 0.3) is 0 Å². The van der Waals surface area contributed by atoms with Crippen molar-refractivity contribution in [2.75, 3.05) is 11.9 Å². The molecule has 0 fully saturated rings. The summed E-state index contributed by atoms with van der Waals surface area (Å²) in [6.07, 6.45) is 1.63. The lowest BCUT2D eigenvalue weighted by Crippen LogP contribution is -2.33. The molecule has 0 saturated heterocycles. The van der Waals surface area contributed by atoms with E-state index in [2.05, 4.69) is 10.6 Å². The van der Waals surface area contributed by atoms with E-state index in [1.807, 2.05) is 62.4 Å². The average Bonchev–Trinajstić information content (AvgIpc) is 3.21. The molecule has 0 atom stereocenters. The number of hydrogen-bond acceptors (Lipinski definition) is 4. The molecule has 2 N–H and O–H groups in total. The highest BCUT2D eigenvalue weighted by atomic mass is 32.2. The second-order valence-corrected chi connectivity index (χ2v) is 7.38. The van der Waals surface area contributed by atoms with Crippen molar-refractivity contribution in [3.63, 3.8) is 0 Å². The second-order valence-electron chi connectivity index (χ2n) is 6.36. The number of aryl methyl sites for hydroxylation is 2. The molecule has 2 aromatic carbocycles. The Labute approximate surface area is 168 Å². The van der Waals surface area contributed by atoms with Crippen LogP contribution in [-0.4, -0.2) is 18.4 Å². The third kappa shape index (κ3) is 5.04. The van der Waals surface area contributed by atoms with Gasteiger partial charge in [0.25, 0.3) is 5.91 Å². The highest BCUT2D eigenvalue weighted by Gasteiger charge is 2.14. The Kier molecular flexibility index (Phi) is 6.55. The standard InChI is InChI=1S/C22H22N2O3S/c1-15-7-5-8-16(2)21(15)24-20(25)13-23-22(26)18-10-3-4-11-19(18)28-14-17-9-6-12-27-17/h3-12H,13-14H2,1-2H3,(H,23,26)(H,24,25). The third-order valence-electron chi connectivity index (χ3n) is 4.24. The van der Waals surface area contributed by atoms with E-state index in [1.54, 1.807) is 12.3 Å². The van der Waals surface area contributed by atoms with Crippen molar-refractivity contribution in [2.24, 2.45) is 0 Å². The van der Waals surface area contributed by atoms with Crippen molar-refractivity contribution in [3.8, 4) is 0 Å². The van der Waals surface area contributed by atoms with E-state index in [-0.39, 0.29) is 18.4 Å². The van der Waals surface area contributed by atoms with Gasteiger partial charge in [-0.3, -0.25) is 9.59 Å². The van der Waals surface area contributed by atoms with E-state index < -0.39 is 0 Å². The molecule has 6 heteroatoms. The SMILES string of the molecule is Cc1cccc(C)c1NC(=O)CNC(=O)c1ccccc1SCc1ccco1. The zero-order chi connectivity index (χ0) is 19.9. The van der Waals surface area contributed by atoms with Crippen LogP contribution in [0.3, 0.4) is 0 Å². The summed E-state index contributed by atoms with van der Waals surface area (Å²) >= 11 is 1.52. The number of para-hydroxylation sites is 1. The molecule has 0 unspecified atom stereocenters. The van der Waals surface area contributed by atoms with Crippen molar-refractivity contribution in [1.82, 2.24) is 5.32 Å². The highest BCUT2D eigenvalue weighted by molar-refractivity contribution is 7.98. The van der Waals surface area contributed by atoms with E-state index in [4.69, 9.17) is 4.42 Å². The van der Waals surface area contributed by atoms with E-state index in [1.165, 1.54) is 11.8 Å². The van der Waals surface area contributed by atoms with Crippen LogP contribution in [0, 0.1) is 13.8 Å². The van der Waals surface area contributed by atoms with Gasteiger partial charge in [-0.2, -0.15) is 0 Å². The normalized spacial score (nSPS) is 10.5. The summed E-state index contributed by atoms with van der Waals surface area (Å²) < 4.78 is 5.34. The number of carbonyl (C=O) groups excluding carboxylic acids is 2. The zero-order valence-electron chi connectivity index (χ0n) is 15.8. The van der Waals surface area contributed by atoms with Crippen molar-refractivity contribution < 1.29 is 14.0 Å². The quantitative estimate of drug-likeness (QED) is 0.577. The van der Waals surface area contributed by atoms with Gasteiger partial charge in [-0.1, -0.05) is 30.3 Å². The summed E-state index contributed by atoms with van der Waals surface area (Å²) in [4.78, 5) is 25.7. The number of nitrogens with one attached hydrogen (secondary N) is 2. The predicted molar refractivity (Wildman–Crippen MR) is 112 cm³/mol. The van der Waals surface area contributed by atoms with Crippen LogP contribution in [0.2, 0.25) is 0 Å². The fourth-order valence-electron chi connectivity index (χ4n) is 2.77. The molecule has 0 aliphatic rings. The smallest absolute Gasteiger partial charge is 0.252 e. The summed E-state index contributed by atoms with van der Waals surface area (Å²) in [5, 5.41) is 5.58. The number of thioether (sulfide) groups is 1. The minimum atomic E-state index is -0.279. The number of benzene rings is 2. The van der Waals surface area contributed by atoms with Crippen LogP contribution >= 0.6 is 11.8 Å². The molecular weight excluding hydrogens is 372 g/mol. The zero-order valence-corrected chi connectivity index (χ0v) is 16.6. The fourth-order valence-corrected chi connectivity index (χ4v) is 3.73. The lowest BCUT2D eigenvalue weighted by molar-refractivity contribution is -0.115. The van der Waals surface area contributed by atoms with Gasteiger partial charge in [-0.05, 0) is 49.2 Å². The Morgan fingerprint density at radius 3 is 2.43 bits per heavy atom. The topological polar surface area (TPSA) is 71.3 Å². The highest BCUT2D eigenvalue weighted by Crippen LogP contribution is 2.26. The van der Waals surface area contributed by atoms with Crippen LogP contribution in [0.15, 0.2) is 70.2 Å². The van der Waals surface area contributed by atoms with Gasteiger partial charge < -0.3 is 15.1 Å². The van der Waals surface area contributed by atoms with Gasteiger partial charge in [0, 0.05) is 10.6 Å². The maximum Gasteiger partial charge on any atom is 0.252 e. The van der Waals surface area contributed by atoms with Gasteiger partial charge in [0.15, 0.2) is 0 Å². The first-order valence-electron chi connectivity index (χ1n) is 8.93. The van der Waals surface area contributed by atoms with Gasteiger partial charge in [-0.15, -0.1) is 11.8 Å². The van der Waals surface area contributed by atoms with E-state index in [0.717, 1.165) is 27.5 Å². The molecular formula is C22H22N2O3S. The Hall–Kier alpha value is -2.99. The lowest BCUT2D eigenvalue weighted by atomic mass is 10.1. The molecule has 0 aliphatic carbocycles. The number of furan rings is 1. The molecule has 0 aliphatic heterocycles. The molecule has 144 valence electrons. The van der Waals surface area contributed by atoms with Gasteiger partial charge in [0.1, 0.15) is 5.76 Å². The summed E-state index contributed by atoms with van der Waals surface area (Å²) in [7, 11) is 0. The van der Waals surface area contributed by atoms with Crippen molar-refractivity contribution in [2.45, 2.75) is 24.5 Å². The van der Waals surface area contributed by atoms with E-state index >= 15 is 0 Å². The van der Waals surface area contributed by atoms with Crippen LogP contribution < -0.4 is 10.6 Å². The first-order chi connectivity index (χ1) is 13.5. The van der Waals surface area contributed by atoms with Crippen molar-refractivity contribution in [3.05, 3.63) is 83.3 Å². The number of amides is 2. The predicted octanol–water partition coefficient (Wildman–Crippen LogP) is 4.56. The summed E-state index contributed by atoms with van der Waals surface area (Å²) in [5.74, 6) is 0.934. The van der Waals surface area contributed by atoms with Gasteiger partial charge >= 0.3 is 0 Å². The van der Waals surface area contributed by atoms with Crippen molar-refractivity contribution in [1.29, 1.82) is 0 Å². The van der Waals surface area contributed by atoms with Crippen LogP contribution in [0.4, 0.5) is 5.69 Å². The Balaban J connectivity index is 1.59. The summed E-state index contributed by atoms with van der Waals surface area (Å²) in [6, 6.07) is 16.9. The first-order valence-corrected chi connectivity index (χ1v) is 9.91. The van der Waals surface area contributed by atoms with Crippen LogP contribution in [0.1, 0.15) is 27.2 Å². The molecule has 3 rings (SSSR count). The molecule has 5 nitrogen and oxygen atoms in total. The van der Waals surface area contributed by atoms with Crippen LogP contribution in [-0.2, 0) is 10.5 Å².